The number of ether oxygens (including phenoxy) is 1. The van der Waals surface area contributed by atoms with Crippen LogP contribution < -0.4 is 5.32 Å². The van der Waals surface area contributed by atoms with Gasteiger partial charge in [-0.15, -0.1) is 0 Å². The van der Waals surface area contributed by atoms with Crippen LogP contribution in [0.2, 0.25) is 0 Å². The van der Waals surface area contributed by atoms with Gasteiger partial charge in [-0.05, 0) is 6.92 Å². The van der Waals surface area contributed by atoms with E-state index in [0.29, 0.717) is 6.41 Å². The number of carbonyl (C=O) groups is 1. The Bertz CT molecular complexity index is 188. The zero-order valence-electron chi connectivity index (χ0n) is 7.12. The molecule has 1 fully saturated rings. The van der Waals surface area contributed by atoms with Crippen molar-refractivity contribution in [1.29, 1.82) is 0 Å². The van der Waals surface area contributed by atoms with E-state index in [1.807, 2.05) is 0 Å². The number of amides is 1. The van der Waals surface area contributed by atoms with Crippen LogP contribution in [0.15, 0.2) is 0 Å². The molecule has 4 N–H and O–H groups in total. The Hall–Kier alpha value is -0.690. The van der Waals surface area contributed by atoms with Gasteiger partial charge in [0.1, 0.15) is 18.2 Å². The molecular formula is C7H13NO5. The summed E-state index contributed by atoms with van der Waals surface area (Å²) in [5.74, 6) is 0. The topological polar surface area (TPSA) is 99.0 Å². The molecule has 0 spiro atoms. The van der Waals surface area contributed by atoms with Crippen molar-refractivity contribution < 1.29 is 24.9 Å². The molecule has 1 heterocycles. The molecule has 0 bridgehead atoms. The maximum Gasteiger partial charge on any atom is 0.207 e. The predicted octanol–water partition coefficient (Wildman–Crippen LogP) is -2.44. The van der Waals surface area contributed by atoms with Gasteiger partial charge in [0.05, 0.1) is 6.10 Å². The summed E-state index contributed by atoms with van der Waals surface area (Å²) in [5, 5.41) is 30.1. The van der Waals surface area contributed by atoms with Gasteiger partial charge in [0.2, 0.25) is 6.41 Å². The van der Waals surface area contributed by atoms with Crippen LogP contribution in [-0.2, 0) is 9.53 Å². The highest BCUT2D eigenvalue weighted by molar-refractivity contribution is 5.47. The summed E-state index contributed by atoms with van der Waals surface area (Å²) in [6, 6.07) is -0.983. The molecule has 0 aromatic heterocycles. The zero-order chi connectivity index (χ0) is 10.0. The van der Waals surface area contributed by atoms with E-state index in [2.05, 4.69) is 5.32 Å². The summed E-state index contributed by atoms with van der Waals surface area (Å²) >= 11 is 0. The SMILES string of the molecule is CC1OC(O)C(NC=O)C(O)C1O. The van der Waals surface area contributed by atoms with Crippen molar-refractivity contribution >= 4 is 6.41 Å². The number of nitrogens with one attached hydrogen (secondary N) is 1. The summed E-state index contributed by atoms with van der Waals surface area (Å²) in [4.78, 5) is 10.1. The monoisotopic (exact) mass is 191 g/mol. The van der Waals surface area contributed by atoms with E-state index >= 15 is 0 Å². The second-order valence-electron chi connectivity index (χ2n) is 3.02. The molecular weight excluding hydrogens is 178 g/mol. The lowest BCUT2D eigenvalue weighted by Crippen LogP contribution is -2.61. The van der Waals surface area contributed by atoms with E-state index in [9.17, 15) is 20.1 Å². The highest BCUT2D eigenvalue weighted by Gasteiger charge is 2.41. The summed E-state index contributed by atoms with van der Waals surface area (Å²) in [6.07, 6.45) is -3.94. The number of carbonyl (C=O) groups excluding carboxylic acids is 1. The molecule has 1 rings (SSSR count). The molecule has 0 aromatic carbocycles. The van der Waals surface area contributed by atoms with Crippen LogP contribution in [0.3, 0.4) is 0 Å². The minimum atomic E-state index is -1.29. The first-order chi connectivity index (χ1) is 6.07. The van der Waals surface area contributed by atoms with E-state index < -0.39 is 30.6 Å². The Morgan fingerprint density at radius 1 is 1.31 bits per heavy atom. The number of hydrogen-bond donors (Lipinski definition) is 4. The van der Waals surface area contributed by atoms with Crippen molar-refractivity contribution in [3.8, 4) is 0 Å². The van der Waals surface area contributed by atoms with Crippen molar-refractivity contribution in [2.45, 2.75) is 37.6 Å². The number of hydrogen-bond acceptors (Lipinski definition) is 5. The average molecular weight is 191 g/mol. The normalized spacial score (nSPS) is 45.7. The van der Waals surface area contributed by atoms with Crippen LogP contribution in [0.4, 0.5) is 0 Å². The van der Waals surface area contributed by atoms with Gasteiger partial charge in [0, 0.05) is 0 Å². The second kappa shape index (κ2) is 4.01. The van der Waals surface area contributed by atoms with Gasteiger partial charge < -0.3 is 25.4 Å². The molecule has 1 saturated heterocycles. The second-order valence-corrected chi connectivity index (χ2v) is 3.02. The lowest BCUT2D eigenvalue weighted by Gasteiger charge is -2.38. The van der Waals surface area contributed by atoms with Gasteiger partial charge in [0.25, 0.3) is 0 Å². The minimum Gasteiger partial charge on any atom is -0.388 e. The van der Waals surface area contributed by atoms with E-state index in [-0.39, 0.29) is 0 Å². The van der Waals surface area contributed by atoms with Crippen LogP contribution in [0, 0.1) is 0 Å². The Morgan fingerprint density at radius 3 is 2.46 bits per heavy atom. The largest absolute Gasteiger partial charge is 0.388 e. The van der Waals surface area contributed by atoms with Gasteiger partial charge in [-0.25, -0.2) is 0 Å². The standard InChI is InChI=1S/C7H13NO5/c1-3-5(10)6(11)4(8-2-9)7(12)13-3/h2-7,10-12H,1H3,(H,8,9). The van der Waals surface area contributed by atoms with Crippen molar-refractivity contribution in [2.75, 3.05) is 0 Å². The average Bonchev–Trinajstić information content (AvgIpc) is 2.09. The van der Waals surface area contributed by atoms with Gasteiger partial charge in [0.15, 0.2) is 6.29 Å². The van der Waals surface area contributed by atoms with E-state index in [1.165, 1.54) is 6.92 Å². The number of rotatable bonds is 2. The third-order valence-corrected chi connectivity index (χ3v) is 2.12. The molecule has 0 aromatic rings. The Kier molecular flexibility index (Phi) is 3.21. The number of aliphatic hydroxyl groups excluding tert-OH is 3. The molecule has 0 radical (unpaired) electrons. The molecule has 5 atom stereocenters. The maximum atomic E-state index is 10.1. The van der Waals surface area contributed by atoms with Gasteiger partial charge >= 0.3 is 0 Å². The summed E-state index contributed by atoms with van der Waals surface area (Å²) in [6.45, 7) is 1.52. The fraction of sp³-hybridized carbons (Fsp3) is 0.857. The molecule has 76 valence electrons. The molecule has 5 unspecified atom stereocenters. The Morgan fingerprint density at radius 2 is 1.92 bits per heavy atom. The van der Waals surface area contributed by atoms with E-state index in [4.69, 9.17) is 4.74 Å². The molecule has 0 aliphatic carbocycles. The highest BCUT2D eigenvalue weighted by Crippen LogP contribution is 2.18. The Labute approximate surface area is 75.1 Å². The van der Waals surface area contributed by atoms with Gasteiger partial charge in [-0.3, -0.25) is 4.79 Å². The van der Waals surface area contributed by atoms with Gasteiger partial charge in [-0.1, -0.05) is 0 Å². The molecule has 13 heavy (non-hydrogen) atoms. The highest BCUT2D eigenvalue weighted by atomic mass is 16.6. The molecule has 1 aliphatic heterocycles. The lowest BCUT2D eigenvalue weighted by molar-refractivity contribution is -0.241. The van der Waals surface area contributed by atoms with Crippen molar-refractivity contribution in [1.82, 2.24) is 5.32 Å². The summed E-state index contributed by atoms with van der Waals surface area (Å²) in [7, 11) is 0. The van der Waals surface area contributed by atoms with Gasteiger partial charge in [-0.2, -0.15) is 0 Å². The van der Waals surface area contributed by atoms with Crippen molar-refractivity contribution in [2.24, 2.45) is 0 Å². The van der Waals surface area contributed by atoms with E-state index in [1.54, 1.807) is 0 Å². The fourth-order valence-electron chi connectivity index (χ4n) is 1.30. The molecule has 1 aliphatic rings. The smallest absolute Gasteiger partial charge is 0.207 e. The lowest BCUT2D eigenvalue weighted by atomic mass is 9.98. The maximum absolute atomic E-state index is 10.1. The third kappa shape index (κ3) is 1.97. The molecule has 0 saturated carbocycles. The molecule has 6 nitrogen and oxygen atoms in total. The number of aliphatic hydroxyl groups is 3. The quantitative estimate of drug-likeness (QED) is 0.363. The van der Waals surface area contributed by atoms with Crippen LogP contribution in [0.1, 0.15) is 6.92 Å². The van der Waals surface area contributed by atoms with Crippen LogP contribution in [-0.4, -0.2) is 52.4 Å². The first-order valence-electron chi connectivity index (χ1n) is 3.97. The fourth-order valence-corrected chi connectivity index (χ4v) is 1.30. The van der Waals surface area contributed by atoms with Crippen molar-refractivity contribution in [3.05, 3.63) is 0 Å². The minimum absolute atomic E-state index is 0.336. The zero-order valence-corrected chi connectivity index (χ0v) is 7.12. The van der Waals surface area contributed by atoms with Crippen LogP contribution in [0.25, 0.3) is 0 Å². The third-order valence-electron chi connectivity index (χ3n) is 2.12. The predicted molar refractivity (Wildman–Crippen MR) is 41.6 cm³/mol. The first kappa shape index (κ1) is 10.4. The molecule has 1 amide bonds. The summed E-state index contributed by atoms with van der Waals surface area (Å²) < 4.78 is 4.86. The Balaban J connectivity index is 2.66. The summed E-state index contributed by atoms with van der Waals surface area (Å²) in [5.41, 5.74) is 0. The van der Waals surface area contributed by atoms with Crippen molar-refractivity contribution in [3.63, 3.8) is 0 Å². The van der Waals surface area contributed by atoms with Crippen LogP contribution >= 0.6 is 0 Å². The van der Waals surface area contributed by atoms with E-state index in [0.717, 1.165) is 0 Å². The first-order valence-corrected chi connectivity index (χ1v) is 3.97. The van der Waals surface area contributed by atoms with Crippen LogP contribution in [0.5, 0.6) is 0 Å². The molecule has 6 heteroatoms.